The van der Waals surface area contributed by atoms with Gasteiger partial charge < -0.3 is 48.6 Å². The normalized spacial score (nSPS) is 13.8. The molecule has 254 valence electrons. The van der Waals surface area contributed by atoms with Gasteiger partial charge in [-0.2, -0.15) is 0 Å². The number of aromatic amines is 1. The Hall–Kier alpha value is -4.66. The first-order valence-electron chi connectivity index (χ1n) is 15.4. The van der Waals surface area contributed by atoms with Crippen molar-refractivity contribution in [3.05, 3.63) is 36.0 Å². The number of rotatable bonds is 19. The first-order chi connectivity index (χ1) is 21.7. The van der Waals surface area contributed by atoms with Crippen molar-refractivity contribution in [3.63, 3.8) is 0 Å². The molecule has 0 saturated heterocycles. The highest BCUT2D eigenvalue weighted by molar-refractivity contribution is 5.95. The Morgan fingerprint density at radius 3 is 2.00 bits per heavy atom. The Bertz CT molecular complexity index is 1370. The molecule has 1 aromatic heterocycles. The molecule has 0 saturated carbocycles. The maximum atomic E-state index is 13.7. The topological polar surface area (TPSA) is 260 Å². The highest BCUT2D eigenvalue weighted by Crippen LogP contribution is 2.19. The van der Waals surface area contributed by atoms with Crippen LogP contribution in [0.25, 0.3) is 10.9 Å². The molecule has 0 unspecified atom stereocenters. The summed E-state index contributed by atoms with van der Waals surface area (Å²) in [7, 11) is 0. The van der Waals surface area contributed by atoms with Crippen molar-refractivity contribution >= 4 is 46.5 Å². The van der Waals surface area contributed by atoms with E-state index in [2.05, 4.69) is 31.2 Å². The fraction of sp³-hybridized carbons (Fsp3) is 0.548. The summed E-state index contributed by atoms with van der Waals surface area (Å²) in [5.74, 6) is -3.84. The number of guanidine groups is 1. The molecule has 4 atom stereocenters. The largest absolute Gasteiger partial charge is 0.480 e. The van der Waals surface area contributed by atoms with Crippen LogP contribution in [-0.4, -0.2) is 82.9 Å². The molecule has 0 aliphatic carbocycles. The van der Waals surface area contributed by atoms with Crippen LogP contribution in [0, 0.1) is 11.8 Å². The Labute approximate surface area is 268 Å². The first-order valence-corrected chi connectivity index (χ1v) is 15.4. The third-order valence-electron chi connectivity index (χ3n) is 7.18. The molecule has 12 N–H and O–H groups in total. The van der Waals surface area contributed by atoms with Crippen LogP contribution in [0.15, 0.2) is 35.5 Å². The Kier molecular flexibility index (Phi) is 15.0. The average Bonchev–Trinajstić information content (AvgIpc) is 3.39. The Morgan fingerprint density at radius 1 is 0.826 bits per heavy atom. The third kappa shape index (κ3) is 12.4. The monoisotopic (exact) mass is 643 g/mol. The van der Waals surface area contributed by atoms with E-state index in [0.717, 1.165) is 16.5 Å². The van der Waals surface area contributed by atoms with Gasteiger partial charge in [-0.15, -0.1) is 0 Å². The fourth-order valence-electron chi connectivity index (χ4n) is 4.97. The highest BCUT2D eigenvalue weighted by atomic mass is 16.4. The standard InChI is InChI=1S/C31H49N9O6/c1-17(2)12-23(28(43)40-25(30(45)46)13-18(3)4)39-27(42)22(10-7-11-35-31(33)34)38-29(44)24(37-26(41)15-32)14-19-16-36-21-9-6-5-8-20(19)21/h5-6,8-9,16-18,22-25,36H,7,10-15,32H2,1-4H3,(H,37,41)(H,38,44)(H,39,42)(H,40,43)(H,45,46)(H4,33,34,35)/t22-,23-,24-,25-/m0/s1. The number of aliphatic carboxylic acids is 1. The summed E-state index contributed by atoms with van der Waals surface area (Å²) in [5, 5.41) is 21.1. The number of aliphatic imine (C=N–C) groups is 1. The van der Waals surface area contributed by atoms with Crippen LogP contribution in [0.2, 0.25) is 0 Å². The number of nitrogens with zero attached hydrogens (tertiary/aromatic N) is 1. The van der Waals surface area contributed by atoms with Crippen LogP contribution < -0.4 is 38.5 Å². The number of carbonyl (C=O) groups excluding carboxylic acids is 4. The van der Waals surface area contributed by atoms with Crippen molar-refractivity contribution in [2.75, 3.05) is 13.1 Å². The van der Waals surface area contributed by atoms with Crippen molar-refractivity contribution < 1.29 is 29.1 Å². The molecule has 4 amide bonds. The molecular weight excluding hydrogens is 594 g/mol. The number of carboxylic acid groups (broad SMARTS) is 1. The van der Waals surface area contributed by atoms with E-state index in [-0.39, 0.29) is 56.6 Å². The summed E-state index contributed by atoms with van der Waals surface area (Å²) in [4.78, 5) is 71.8. The van der Waals surface area contributed by atoms with Gasteiger partial charge in [-0.05, 0) is 49.1 Å². The lowest BCUT2D eigenvalue weighted by Gasteiger charge is -2.27. The zero-order chi connectivity index (χ0) is 34.4. The summed E-state index contributed by atoms with van der Waals surface area (Å²) in [5.41, 5.74) is 18.0. The first kappa shape index (κ1) is 37.5. The van der Waals surface area contributed by atoms with Gasteiger partial charge in [0.15, 0.2) is 5.96 Å². The average molecular weight is 644 g/mol. The number of nitrogens with one attached hydrogen (secondary N) is 5. The second-order valence-corrected chi connectivity index (χ2v) is 12.1. The van der Waals surface area contributed by atoms with E-state index in [1.807, 2.05) is 52.0 Å². The smallest absolute Gasteiger partial charge is 0.326 e. The molecule has 2 rings (SSSR count). The molecule has 0 aliphatic heterocycles. The van der Waals surface area contributed by atoms with Crippen molar-refractivity contribution in [3.8, 4) is 0 Å². The number of fused-ring (bicyclic) bond motifs is 1. The van der Waals surface area contributed by atoms with E-state index < -0.39 is 53.8 Å². The quantitative estimate of drug-likeness (QED) is 0.0559. The van der Waals surface area contributed by atoms with Gasteiger partial charge in [-0.3, -0.25) is 24.2 Å². The van der Waals surface area contributed by atoms with Gasteiger partial charge in [0.2, 0.25) is 23.6 Å². The Morgan fingerprint density at radius 2 is 1.39 bits per heavy atom. The summed E-state index contributed by atoms with van der Waals surface area (Å²) < 4.78 is 0. The number of carbonyl (C=O) groups is 5. The van der Waals surface area contributed by atoms with Crippen LogP contribution in [0.5, 0.6) is 0 Å². The molecular formula is C31H49N9O6. The van der Waals surface area contributed by atoms with E-state index in [9.17, 15) is 29.1 Å². The highest BCUT2D eigenvalue weighted by Gasteiger charge is 2.32. The predicted molar refractivity (Wildman–Crippen MR) is 175 cm³/mol. The van der Waals surface area contributed by atoms with Crippen molar-refractivity contribution in [1.29, 1.82) is 0 Å². The number of hydrogen-bond acceptors (Lipinski definition) is 7. The minimum atomic E-state index is -1.18. The number of H-pyrrole nitrogens is 1. The molecule has 46 heavy (non-hydrogen) atoms. The number of benzene rings is 1. The van der Waals surface area contributed by atoms with Crippen molar-refractivity contribution in [1.82, 2.24) is 26.3 Å². The summed E-state index contributed by atoms with van der Waals surface area (Å²) >= 11 is 0. The lowest BCUT2D eigenvalue weighted by molar-refractivity contribution is -0.143. The van der Waals surface area contributed by atoms with Gasteiger partial charge in [0.1, 0.15) is 24.2 Å². The number of nitrogens with two attached hydrogens (primary N) is 3. The van der Waals surface area contributed by atoms with Crippen LogP contribution in [0.1, 0.15) is 58.9 Å². The number of hydrogen-bond donors (Lipinski definition) is 9. The number of para-hydroxylation sites is 1. The van der Waals surface area contributed by atoms with Crippen LogP contribution >= 0.6 is 0 Å². The van der Waals surface area contributed by atoms with E-state index >= 15 is 0 Å². The maximum absolute atomic E-state index is 13.7. The third-order valence-corrected chi connectivity index (χ3v) is 7.18. The minimum Gasteiger partial charge on any atom is -0.480 e. The second kappa shape index (κ2) is 18.3. The summed E-state index contributed by atoms with van der Waals surface area (Å²) in [6, 6.07) is 3.07. The molecule has 15 nitrogen and oxygen atoms in total. The van der Waals surface area contributed by atoms with E-state index in [4.69, 9.17) is 17.2 Å². The van der Waals surface area contributed by atoms with Crippen LogP contribution in [-0.2, 0) is 30.4 Å². The number of amides is 4. The second-order valence-electron chi connectivity index (χ2n) is 12.1. The molecule has 2 aromatic rings. The van der Waals surface area contributed by atoms with E-state index in [0.29, 0.717) is 6.42 Å². The lowest BCUT2D eigenvalue weighted by Crippen LogP contribution is -2.58. The van der Waals surface area contributed by atoms with Crippen molar-refractivity contribution in [2.24, 2.45) is 34.0 Å². The van der Waals surface area contributed by atoms with E-state index in [1.54, 1.807) is 6.20 Å². The van der Waals surface area contributed by atoms with E-state index in [1.165, 1.54) is 0 Å². The molecule has 1 heterocycles. The maximum Gasteiger partial charge on any atom is 0.326 e. The Balaban J connectivity index is 2.32. The summed E-state index contributed by atoms with van der Waals surface area (Å²) in [6.45, 7) is 7.23. The number of carboxylic acids is 1. The van der Waals surface area contributed by atoms with Gasteiger partial charge in [-0.25, -0.2) is 4.79 Å². The molecule has 0 spiro atoms. The molecule has 0 radical (unpaired) electrons. The molecule has 1 aromatic carbocycles. The molecule has 15 heteroatoms. The fourth-order valence-corrected chi connectivity index (χ4v) is 4.97. The lowest BCUT2D eigenvalue weighted by atomic mass is 9.99. The predicted octanol–water partition coefficient (Wildman–Crippen LogP) is -0.161. The number of aromatic nitrogens is 1. The van der Waals surface area contributed by atoms with Gasteiger partial charge in [0, 0.05) is 30.1 Å². The zero-order valence-electron chi connectivity index (χ0n) is 27.0. The van der Waals surface area contributed by atoms with Crippen LogP contribution in [0.3, 0.4) is 0 Å². The van der Waals surface area contributed by atoms with Crippen molar-refractivity contribution in [2.45, 2.75) is 84.0 Å². The molecule has 0 fully saturated rings. The van der Waals surface area contributed by atoms with Gasteiger partial charge >= 0.3 is 5.97 Å². The van der Waals surface area contributed by atoms with Gasteiger partial charge in [-0.1, -0.05) is 45.9 Å². The van der Waals surface area contributed by atoms with Gasteiger partial charge in [0.25, 0.3) is 0 Å². The molecule has 0 bridgehead atoms. The molecule has 0 aliphatic rings. The van der Waals surface area contributed by atoms with Crippen LogP contribution in [0.4, 0.5) is 0 Å². The summed E-state index contributed by atoms with van der Waals surface area (Å²) in [6.07, 6.45) is 2.68. The minimum absolute atomic E-state index is 0.00122. The SMILES string of the molecule is CC(C)C[C@H](NC(=O)[C@H](CC(C)C)NC(=O)[C@H](CCCN=C(N)N)NC(=O)[C@H](Cc1c[nH]c2ccccc12)NC(=O)CN)C(=O)O. The van der Waals surface area contributed by atoms with Gasteiger partial charge in [0.05, 0.1) is 6.54 Å². The zero-order valence-corrected chi connectivity index (χ0v) is 27.0.